The van der Waals surface area contributed by atoms with Crippen LogP contribution < -0.4 is 10.9 Å². The molecule has 1 unspecified atom stereocenters. The molecule has 0 fully saturated rings. The average molecular weight is 462 g/mol. The summed E-state index contributed by atoms with van der Waals surface area (Å²) in [5.41, 5.74) is 2.00. The van der Waals surface area contributed by atoms with Gasteiger partial charge in [-0.3, -0.25) is 14.2 Å². The molecule has 5 nitrogen and oxygen atoms in total. The van der Waals surface area contributed by atoms with Crippen LogP contribution in [-0.4, -0.2) is 20.7 Å². The highest BCUT2D eigenvalue weighted by molar-refractivity contribution is 8.00. The number of hydrogen-bond acceptors (Lipinski definition) is 4. The lowest BCUT2D eigenvalue weighted by atomic mass is 10.0. The van der Waals surface area contributed by atoms with Crippen LogP contribution in [0.1, 0.15) is 32.3 Å². The van der Waals surface area contributed by atoms with Gasteiger partial charge in [0.05, 0.1) is 21.8 Å². The molecule has 7 heteroatoms. The standard InChI is InChI=1S/C26H24FN3O2S/c1-16(2)18-10-4-7-13-21(18)28-24(31)17(3)33-26-29-22-14-8-5-11-19(22)25(32)30(26)23-15-9-6-12-20(23)27/h4-17H,1-3H3,(H,28,31). The molecule has 4 rings (SSSR count). The summed E-state index contributed by atoms with van der Waals surface area (Å²) < 4.78 is 15.9. The van der Waals surface area contributed by atoms with Crippen LogP contribution >= 0.6 is 11.8 Å². The normalized spacial score (nSPS) is 12.2. The highest BCUT2D eigenvalue weighted by Crippen LogP contribution is 2.28. The van der Waals surface area contributed by atoms with Gasteiger partial charge in [0.25, 0.3) is 5.56 Å². The molecule has 1 amide bonds. The lowest BCUT2D eigenvalue weighted by Crippen LogP contribution is -2.27. The fourth-order valence-corrected chi connectivity index (χ4v) is 4.52. The monoisotopic (exact) mass is 461 g/mol. The van der Waals surface area contributed by atoms with Crippen LogP contribution in [0.3, 0.4) is 0 Å². The van der Waals surface area contributed by atoms with Crippen LogP contribution in [0, 0.1) is 5.82 Å². The molecule has 168 valence electrons. The second-order valence-corrected chi connectivity index (χ2v) is 9.30. The number of rotatable bonds is 6. The van der Waals surface area contributed by atoms with Gasteiger partial charge in [0, 0.05) is 5.69 Å². The van der Waals surface area contributed by atoms with Crippen molar-refractivity contribution in [2.24, 2.45) is 0 Å². The minimum Gasteiger partial charge on any atom is -0.325 e. The fourth-order valence-electron chi connectivity index (χ4n) is 3.60. The van der Waals surface area contributed by atoms with E-state index in [1.165, 1.54) is 16.7 Å². The smallest absolute Gasteiger partial charge is 0.266 e. The predicted octanol–water partition coefficient (Wildman–Crippen LogP) is 5.77. The second-order valence-electron chi connectivity index (χ2n) is 7.99. The molecule has 0 spiro atoms. The SMILES string of the molecule is CC(Sc1nc2ccccc2c(=O)n1-c1ccccc1F)C(=O)Nc1ccccc1C(C)C. The average Bonchev–Trinajstić information content (AvgIpc) is 2.80. The summed E-state index contributed by atoms with van der Waals surface area (Å²) in [6.45, 7) is 5.87. The Kier molecular flexibility index (Phi) is 6.60. The van der Waals surface area contributed by atoms with Gasteiger partial charge >= 0.3 is 0 Å². The second kappa shape index (κ2) is 9.58. The Balaban J connectivity index is 1.73. The first-order chi connectivity index (χ1) is 15.9. The molecule has 0 radical (unpaired) electrons. The van der Waals surface area contributed by atoms with Crippen LogP contribution in [0.4, 0.5) is 10.1 Å². The minimum absolute atomic E-state index is 0.0982. The van der Waals surface area contributed by atoms with E-state index in [0.717, 1.165) is 23.0 Å². The number of hydrogen-bond donors (Lipinski definition) is 1. The molecule has 1 atom stereocenters. The number of fused-ring (bicyclic) bond motifs is 1. The van der Waals surface area contributed by atoms with Gasteiger partial charge < -0.3 is 5.32 Å². The van der Waals surface area contributed by atoms with Crippen LogP contribution in [0.15, 0.2) is 82.7 Å². The van der Waals surface area contributed by atoms with Crippen LogP contribution in [0.25, 0.3) is 16.6 Å². The van der Waals surface area contributed by atoms with E-state index < -0.39 is 11.1 Å². The summed E-state index contributed by atoms with van der Waals surface area (Å²) in [5, 5.41) is 3.03. The fraction of sp³-hybridized carbons (Fsp3) is 0.192. The molecular weight excluding hydrogens is 437 g/mol. The zero-order valence-electron chi connectivity index (χ0n) is 18.6. The quantitative estimate of drug-likeness (QED) is 0.293. The van der Waals surface area contributed by atoms with Gasteiger partial charge in [-0.1, -0.05) is 68.1 Å². The van der Waals surface area contributed by atoms with Crippen LogP contribution in [0.2, 0.25) is 0 Å². The van der Waals surface area contributed by atoms with E-state index in [0.29, 0.717) is 10.9 Å². The van der Waals surface area contributed by atoms with Gasteiger partial charge in [0.1, 0.15) is 5.82 Å². The van der Waals surface area contributed by atoms with Gasteiger partial charge in [-0.05, 0) is 48.7 Å². The van der Waals surface area contributed by atoms with Crippen molar-refractivity contribution in [2.75, 3.05) is 5.32 Å². The molecule has 0 saturated carbocycles. The van der Waals surface area contributed by atoms with Gasteiger partial charge in [-0.15, -0.1) is 0 Å². The molecule has 0 bridgehead atoms. The summed E-state index contributed by atoms with van der Waals surface area (Å²) in [7, 11) is 0. The molecule has 3 aromatic carbocycles. The Morgan fingerprint density at radius 2 is 1.64 bits per heavy atom. The third-order valence-electron chi connectivity index (χ3n) is 5.33. The predicted molar refractivity (Wildman–Crippen MR) is 132 cm³/mol. The van der Waals surface area contributed by atoms with E-state index in [2.05, 4.69) is 24.1 Å². The van der Waals surface area contributed by atoms with Crippen molar-refractivity contribution in [1.29, 1.82) is 0 Å². The number of para-hydroxylation sites is 3. The number of thioether (sulfide) groups is 1. The van der Waals surface area contributed by atoms with E-state index in [1.54, 1.807) is 43.3 Å². The van der Waals surface area contributed by atoms with Crippen molar-refractivity contribution < 1.29 is 9.18 Å². The Hall–Kier alpha value is -3.45. The maximum Gasteiger partial charge on any atom is 0.266 e. The maximum atomic E-state index is 14.7. The number of carbonyl (C=O) groups excluding carboxylic acids is 1. The number of nitrogens with one attached hydrogen (secondary N) is 1. The Labute approximate surface area is 195 Å². The number of benzene rings is 3. The highest BCUT2D eigenvalue weighted by atomic mass is 32.2. The molecular formula is C26H24FN3O2S. The summed E-state index contributed by atoms with van der Waals surface area (Å²) in [4.78, 5) is 30.9. The zero-order chi connectivity index (χ0) is 23.5. The highest BCUT2D eigenvalue weighted by Gasteiger charge is 2.22. The number of halogens is 1. The van der Waals surface area contributed by atoms with Crippen molar-refractivity contribution in [3.8, 4) is 5.69 Å². The van der Waals surface area contributed by atoms with Crippen molar-refractivity contribution in [2.45, 2.75) is 37.1 Å². The van der Waals surface area contributed by atoms with E-state index in [4.69, 9.17) is 0 Å². The number of aromatic nitrogens is 2. The topological polar surface area (TPSA) is 64.0 Å². The van der Waals surface area contributed by atoms with Crippen LogP contribution in [-0.2, 0) is 4.79 Å². The lowest BCUT2D eigenvalue weighted by Gasteiger charge is -2.18. The largest absolute Gasteiger partial charge is 0.325 e. The molecule has 33 heavy (non-hydrogen) atoms. The Morgan fingerprint density at radius 1 is 0.970 bits per heavy atom. The van der Waals surface area contributed by atoms with E-state index in [1.807, 2.05) is 24.3 Å². The molecule has 0 aliphatic rings. The van der Waals surface area contributed by atoms with Crippen molar-refractivity contribution >= 4 is 34.3 Å². The molecule has 4 aromatic rings. The van der Waals surface area contributed by atoms with E-state index in [9.17, 15) is 14.0 Å². The van der Waals surface area contributed by atoms with E-state index >= 15 is 0 Å². The van der Waals surface area contributed by atoms with Gasteiger partial charge in [0.15, 0.2) is 5.16 Å². The number of carbonyl (C=O) groups is 1. The summed E-state index contributed by atoms with van der Waals surface area (Å²) in [6, 6.07) is 20.6. The van der Waals surface area contributed by atoms with E-state index in [-0.39, 0.29) is 28.2 Å². The molecule has 0 aliphatic carbocycles. The summed E-state index contributed by atoms with van der Waals surface area (Å²) >= 11 is 1.12. The lowest BCUT2D eigenvalue weighted by molar-refractivity contribution is -0.115. The first kappa shape index (κ1) is 22.7. The Bertz CT molecular complexity index is 1380. The Morgan fingerprint density at radius 3 is 2.39 bits per heavy atom. The van der Waals surface area contributed by atoms with Crippen molar-refractivity contribution in [1.82, 2.24) is 9.55 Å². The van der Waals surface area contributed by atoms with Crippen LogP contribution in [0.5, 0.6) is 0 Å². The molecule has 1 aromatic heterocycles. The third-order valence-corrected chi connectivity index (χ3v) is 6.38. The number of amides is 1. The summed E-state index contributed by atoms with van der Waals surface area (Å²) in [6.07, 6.45) is 0. The maximum absolute atomic E-state index is 14.7. The number of nitrogens with zero attached hydrogens (tertiary/aromatic N) is 2. The van der Waals surface area contributed by atoms with Crippen molar-refractivity contribution in [3.63, 3.8) is 0 Å². The number of anilines is 1. The zero-order valence-corrected chi connectivity index (χ0v) is 19.4. The van der Waals surface area contributed by atoms with Gasteiger partial charge in [-0.25, -0.2) is 9.37 Å². The van der Waals surface area contributed by atoms with Gasteiger partial charge in [-0.2, -0.15) is 0 Å². The first-order valence-electron chi connectivity index (χ1n) is 10.7. The first-order valence-corrected chi connectivity index (χ1v) is 11.6. The molecule has 0 saturated heterocycles. The molecule has 1 heterocycles. The molecule has 1 N–H and O–H groups in total. The third kappa shape index (κ3) is 4.68. The summed E-state index contributed by atoms with van der Waals surface area (Å²) in [5.74, 6) is -0.519. The minimum atomic E-state index is -0.587. The molecule has 0 aliphatic heterocycles. The van der Waals surface area contributed by atoms with Crippen molar-refractivity contribution in [3.05, 3.63) is 94.5 Å². The van der Waals surface area contributed by atoms with Gasteiger partial charge in [0.2, 0.25) is 5.91 Å².